The lowest BCUT2D eigenvalue weighted by molar-refractivity contribution is 0.0594. The highest BCUT2D eigenvalue weighted by atomic mass is 32.2. The molecule has 0 bridgehead atoms. The lowest BCUT2D eigenvalue weighted by Gasteiger charge is -2.06. The average Bonchev–Trinajstić information content (AvgIpc) is 2.35. The van der Waals surface area contributed by atoms with Crippen LogP contribution in [0.3, 0.4) is 0 Å². The zero-order valence-electron chi connectivity index (χ0n) is 10.3. The molecule has 1 heterocycles. The third-order valence-corrected chi connectivity index (χ3v) is 3.77. The van der Waals surface area contributed by atoms with Gasteiger partial charge in [0.1, 0.15) is 5.69 Å². The molecule has 0 fully saturated rings. The Bertz CT molecular complexity index is 820. The van der Waals surface area contributed by atoms with Gasteiger partial charge in [-0.2, -0.15) is 0 Å². The first kappa shape index (κ1) is 13.3. The summed E-state index contributed by atoms with van der Waals surface area (Å²) in [6, 6.07) is 5.42. The van der Waals surface area contributed by atoms with Gasteiger partial charge in [-0.15, -0.1) is 0 Å². The predicted octanol–water partition coefficient (Wildman–Crippen LogP) is 0.718. The zero-order valence-corrected chi connectivity index (χ0v) is 11.1. The van der Waals surface area contributed by atoms with Gasteiger partial charge in [0.15, 0.2) is 15.3 Å². The number of hydrogen-bond acceptors (Lipinski definition) is 5. The van der Waals surface area contributed by atoms with Crippen molar-refractivity contribution < 1.29 is 17.9 Å². The third kappa shape index (κ3) is 2.37. The van der Waals surface area contributed by atoms with Gasteiger partial charge in [0.2, 0.25) is 0 Å². The van der Waals surface area contributed by atoms with E-state index >= 15 is 0 Å². The number of methoxy groups -OCH3 is 1. The molecule has 0 unspecified atom stereocenters. The maximum Gasteiger partial charge on any atom is 0.354 e. The summed E-state index contributed by atoms with van der Waals surface area (Å²) < 4.78 is 27.8. The minimum absolute atomic E-state index is 0.0344. The molecular weight excluding hydrogens is 270 g/mol. The molecule has 0 spiro atoms. The summed E-state index contributed by atoms with van der Waals surface area (Å²) >= 11 is 0. The SMILES string of the molecule is COC(=O)c1cc(=O)c2cccc(S(C)(=O)=O)c2[nH]1. The normalized spacial score (nSPS) is 11.5. The van der Waals surface area contributed by atoms with Crippen LogP contribution in [0, 0.1) is 0 Å². The summed E-state index contributed by atoms with van der Waals surface area (Å²) in [7, 11) is -2.34. The van der Waals surface area contributed by atoms with E-state index in [9.17, 15) is 18.0 Å². The van der Waals surface area contributed by atoms with Crippen molar-refractivity contribution in [3.8, 4) is 0 Å². The lowest BCUT2D eigenvalue weighted by Crippen LogP contribution is -2.13. The molecule has 1 aromatic carbocycles. The fourth-order valence-corrected chi connectivity index (χ4v) is 2.63. The van der Waals surface area contributed by atoms with Crippen LogP contribution in [-0.4, -0.2) is 32.7 Å². The smallest absolute Gasteiger partial charge is 0.354 e. The van der Waals surface area contributed by atoms with Crippen LogP contribution in [0.15, 0.2) is 34.0 Å². The summed E-state index contributed by atoms with van der Waals surface area (Å²) in [4.78, 5) is 25.9. The van der Waals surface area contributed by atoms with Gasteiger partial charge in [-0.25, -0.2) is 13.2 Å². The molecule has 7 heteroatoms. The van der Waals surface area contributed by atoms with Crippen LogP contribution < -0.4 is 5.43 Å². The maximum atomic E-state index is 11.9. The van der Waals surface area contributed by atoms with Crippen LogP contribution in [0.5, 0.6) is 0 Å². The number of carbonyl (C=O) groups excluding carboxylic acids is 1. The third-order valence-electron chi connectivity index (χ3n) is 2.63. The van der Waals surface area contributed by atoms with Crippen molar-refractivity contribution in [1.82, 2.24) is 4.98 Å². The van der Waals surface area contributed by atoms with Crippen molar-refractivity contribution >= 4 is 26.7 Å². The first-order valence-corrected chi connectivity index (χ1v) is 7.18. The van der Waals surface area contributed by atoms with Gasteiger partial charge >= 0.3 is 5.97 Å². The Labute approximate surface area is 108 Å². The molecule has 0 amide bonds. The fourth-order valence-electron chi connectivity index (χ4n) is 1.77. The number of hydrogen-bond donors (Lipinski definition) is 1. The van der Waals surface area contributed by atoms with E-state index < -0.39 is 21.2 Å². The molecule has 19 heavy (non-hydrogen) atoms. The highest BCUT2D eigenvalue weighted by Crippen LogP contribution is 2.19. The number of sulfone groups is 1. The van der Waals surface area contributed by atoms with Crippen molar-refractivity contribution in [2.24, 2.45) is 0 Å². The van der Waals surface area contributed by atoms with Crippen LogP contribution >= 0.6 is 0 Å². The monoisotopic (exact) mass is 281 g/mol. The van der Waals surface area contributed by atoms with E-state index in [4.69, 9.17) is 0 Å². The lowest BCUT2D eigenvalue weighted by atomic mass is 10.2. The number of esters is 1. The van der Waals surface area contributed by atoms with Crippen LogP contribution in [-0.2, 0) is 14.6 Å². The average molecular weight is 281 g/mol. The molecule has 0 radical (unpaired) electrons. The molecule has 1 N–H and O–H groups in total. The number of aromatic nitrogens is 1. The molecule has 0 saturated carbocycles. The molecule has 0 aliphatic heterocycles. The minimum Gasteiger partial charge on any atom is -0.464 e. The molecule has 1 aromatic heterocycles. The largest absolute Gasteiger partial charge is 0.464 e. The Kier molecular flexibility index (Phi) is 3.15. The van der Waals surface area contributed by atoms with E-state index in [2.05, 4.69) is 9.72 Å². The second-order valence-corrected chi connectivity index (χ2v) is 5.97. The number of carbonyl (C=O) groups is 1. The Hall–Kier alpha value is -2.15. The van der Waals surface area contributed by atoms with Crippen LogP contribution in [0.1, 0.15) is 10.5 Å². The quantitative estimate of drug-likeness (QED) is 0.819. The number of nitrogens with one attached hydrogen (secondary N) is 1. The van der Waals surface area contributed by atoms with Crippen LogP contribution in [0.2, 0.25) is 0 Å². The van der Waals surface area contributed by atoms with E-state index in [1.165, 1.54) is 25.3 Å². The number of benzene rings is 1. The number of para-hydroxylation sites is 1. The first-order chi connectivity index (χ1) is 8.84. The second-order valence-electron chi connectivity index (χ2n) is 3.99. The number of ether oxygens (including phenoxy) is 1. The standard InChI is InChI=1S/C12H11NO5S/c1-18-12(15)8-6-9(14)7-4-3-5-10(11(7)13-8)19(2,16)17/h3-6H,1-2H3,(H,13,14). The van der Waals surface area contributed by atoms with Gasteiger partial charge < -0.3 is 9.72 Å². The van der Waals surface area contributed by atoms with E-state index in [0.717, 1.165) is 12.3 Å². The highest BCUT2D eigenvalue weighted by molar-refractivity contribution is 7.91. The van der Waals surface area contributed by atoms with Gasteiger partial charge in [-0.3, -0.25) is 4.79 Å². The van der Waals surface area contributed by atoms with Gasteiger partial charge in [-0.05, 0) is 12.1 Å². The number of H-pyrrole nitrogens is 1. The molecule has 6 nitrogen and oxygen atoms in total. The Morgan fingerprint density at radius 3 is 2.58 bits per heavy atom. The molecule has 0 atom stereocenters. The summed E-state index contributed by atoms with van der Waals surface area (Å²) in [5, 5.41) is 0.204. The predicted molar refractivity (Wildman–Crippen MR) is 69.0 cm³/mol. The fraction of sp³-hybridized carbons (Fsp3) is 0.167. The first-order valence-electron chi connectivity index (χ1n) is 5.29. The van der Waals surface area contributed by atoms with Crippen LogP contribution in [0.4, 0.5) is 0 Å². The van der Waals surface area contributed by atoms with Crippen molar-refractivity contribution in [3.05, 3.63) is 40.2 Å². The van der Waals surface area contributed by atoms with E-state index in [1.807, 2.05) is 0 Å². The van der Waals surface area contributed by atoms with Crippen molar-refractivity contribution in [2.45, 2.75) is 4.90 Å². The topological polar surface area (TPSA) is 93.3 Å². The molecule has 2 rings (SSSR count). The molecule has 0 saturated heterocycles. The van der Waals surface area contributed by atoms with E-state index in [-0.39, 0.29) is 21.5 Å². The molecule has 2 aromatic rings. The minimum atomic E-state index is -3.52. The summed E-state index contributed by atoms with van der Waals surface area (Å²) in [6.45, 7) is 0. The van der Waals surface area contributed by atoms with Crippen molar-refractivity contribution in [1.29, 1.82) is 0 Å². The number of aromatic amines is 1. The molecular formula is C12H11NO5S. The summed E-state index contributed by atoms with van der Waals surface area (Å²) in [6.07, 6.45) is 1.03. The number of rotatable bonds is 2. The van der Waals surface area contributed by atoms with Gasteiger partial charge in [0, 0.05) is 17.7 Å². The van der Waals surface area contributed by atoms with Crippen LogP contribution in [0.25, 0.3) is 10.9 Å². The molecule has 0 aliphatic carbocycles. The maximum absolute atomic E-state index is 11.9. The number of fused-ring (bicyclic) bond motifs is 1. The van der Waals surface area contributed by atoms with Gasteiger partial charge in [-0.1, -0.05) is 6.07 Å². The summed E-state index contributed by atoms with van der Waals surface area (Å²) in [5.41, 5.74) is -0.423. The zero-order chi connectivity index (χ0) is 14.2. The van der Waals surface area contributed by atoms with Crippen molar-refractivity contribution in [2.75, 3.05) is 13.4 Å². The Morgan fingerprint density at radius 2 is 2.00 bits per heavy atom. The Balaban J connectivity index is 2.92. The van der Waals surface area contributed by atoms with Gasteiger partial charge in [0.25, 0.3) is 0 Å². The molecule has 0 aliphatic rings. The van der Waals surface area contributed by atoms with E-state index in [1.54, 1.807) is 0 Å². The van der Waals surface area contributed by atoms with Crippen molar-refractivity contribution in [3.63, 3.8) is 0 Å². The highest BCUT2D eigenvalue weighted by Gasteiger charge is 2.16. The van der Waals surface area contributed by atoms with E-state index in [0.29, 0.717) is 0 Å². The Morgan fingerprint density at radius 1 is 1.32 bits per heavy atom. The second kappa shape index (κ2) is 4.51. The summed E-state index contributed by atoms with van der Waals surface area (Å²) in [5.74, 6) is -0.734. The van der Waals surface area contributed by atoms with Gasteiger partial charge in [0.05, 0.1) is 17.5 Å². The molecule has 100 valence electrons. The number of pyridine rings is 1.